The zero-order valence-electron chi connectivity index (χ0n) is 9.74. The van der Waals surface area contributed by atoms with Gasteiger partial charge in [-0.3, -0.25) is 0 Å². The van der Waals surface area contributed by atoms with E-state index in [4.69, 9.17) is 4.74 Å². The Balaban J connectivity index is 2.59. The molecule has 1 rings (SSSR count). The highest BCUT2D eigenvalue weighted by atomic mass is 19.1. The molecule has 1 unspecified atom stereocenters. The average Bonchev–Trinajstić information content (AvgIpc) is 2.16. The van der Waals surface area contributed by atoms with E-state index in [1.54, 1.807) is 0 Å². The predicted molar refractivity (Wildman–Crippen MR) is 58.5 cm³/mol. The number of carbonyl (C=O) groups excluding carboxylic acids is 1. The highest BCUT2D eigenvalue weighted by Gasteiger charge is 2.14. The number of halogens is 1. The molecule has 1 aromatic rings. The van der Waals surface area contributed by atoms with Gasteiger partial charge in [-0.25, -0.2) is 9.78 Å². The van der Waals surface area contributed by atoms with Gasteiger partial charge in [0.2, 0.25) is 5.95 Å². The fraction of sp³-hybridized carbons (Fsp3) is 0.500. The maximum absolute atomic E-state index is 12.8. The van der Waals surface area contributed by atoms with Crippen LogP contribution in [0.4, 0.5) is 4.39 Å². The van der Waals surface area contributed by atoms with Gasteiger partial charge in [0.1, 0.15) is 0 Å². The van der Waals surface area contributed by atoms with Gasteiger partial charge in [0.15, 0.2) is 5.69 Å². The van der Waals surface area contributed by atoms with Gasteiger partial charge in [0.25, 0.3) is 0 Å². The van der Waals surface area contributed by atoms with Crippen LogP contribution in [0.15, 0.2) is 18.2 Å². The Morgan fingerprint density at radius 2 is 2.12 bits per heavy atom. The first-order valence-corrected chi connectivity index (χ1v) is 5.32. The normalized spacial score (nSPS) is 12.6. The first kappa shape index (κ1) is 12.6. The Morgan fingerprint density at radius 3 is 2.69 bits per heavy atom. The third-order valence-electron chi connectivity index (χ3n) is 2.04. The average molecular weight is 225 g/mol. The van der Waals surface area contributed by atoms with Crippen LogP contribution in [-0.2, 0) is 4.74 Å². The number of carbonyl (C=O) groups is 1. The van der Waals surface area contributed by atoms with Crippen LogP contribution in [0.5, 0.6) is 0 Å². The Morgan fingerprint density at radius 1 is 1.44 bits per heavy atom. The molecular weight excluding hydrogens is 209 g/mol. The zero-order chi connectivity index (χ0) is 12.1. The van der Waals surface area contributed by atoms with Crippen LogP contribution in [0.3, 0.4) is 0 Å². The van der Waals surface area contributed by atoms with E-state index < -0.39 is 11.9 Å². The summed E-state index contributed by atoms with van der Waals surface area (Å²) in [6.07, 6.45) is 0.596. The van der Waals surface area contributed by atoms with Crippen LogP contribution >= 0.6 is 0 Å². The maximum Gasteiger partial charge on any atom is 0.357 e. The number of aromatic nitrogens is 1. The van der Waals surface area contributed by atoms with E-state index in [2.05, 4.69) is 4.98 Å². The van der Waals surface area contributed by atoms with Crippen molar-refractivity contribution in [1.82, 2.24) is 4.98 Å². The Kier molecular flexibility index (Phi) is 4.40. The number of esters is 1. The van der Waals surface area contributed by atoms with E-state index in [9.17, 15) is 9.18 Å². The van der Waals surface area contributed by atoms with E-state index in [1.165, 1.54) is 18.2 Å². The van der Waals surface area contributed by atoms with E-state index in [1.807, 2.05) is 20.8 Å². The SMILES string of the molecule is CC(C)CC(C)OC(=O)c1cccc(F)n1. The molecule has 16 heavy (non-hydrogen) atoms. The Labute approximate surface area is 94.6 Å². The van der Waals surface area contributed by atoms with Crippen molar-refractivity contribution in [3.8, 4) is 0 Å². The Bertz CT molecular complexity index is 366. The topological polar surface area (TPSA) is 39.2 Å². The first-order valence-electron chi connectivity index (χ1n) is 5.32. The molecule has 0 aliphatic heterocycles. The van der Waals surface area contributed by atoms with Gasteiger partial charge in [0, 0.05) is 0 Å². The molecule has 0 saturated heterocycles. The van der Waals surface area contributed by atoms with Gasteiger partial charge in [-0.15, -0.1) is 0 Å². The van der Waals surface area contributed by atoms with Crippen LogP contribution in [0.1, 0.15) is 37.7 Å². The molecule has 0 amide bonds. The quantitative estimate of drug-likeness (QED) is 0.584. The monoisotopic (exact) mass is 225 g/mol. The van der Waals surface area contributed by atoms with Gasteiger partial charge in [-0.1, -0.05) is 19.9 Å². The summed E-state index contributed by atoms with van der Waals surface area (Å²) >= 11 is 0. The maximum atomic E-state index is 12.8. The number of pyridine rings is 1. The van der Waals surface area contributed by atoms with Gasteiger partial charge in [0.05, 0.1) is 6.10 Å². The summed E-state index contributed by atoms with van der Waals surface area (Å²) in [7, 11) is 0. The number of hydrogen-bond donors (Lipinski definition) is 0. The molecule has 4 heteroatoms. The first-order chi connectivity index (χ1) is 7.49. The summed E-state index contributed by atoms with van der Waals surface area (Å²) in [5.74, 6) is -0.804. The summed E-state index contributed by atoms with van der Waals surface area (Å²) in [4.78, 5) is 15.0. The number of nitrogens with zero attached hydrogens (tertiary/aromatic N) is 1. The second kappa shape index (κ2) is 5.58. The van der Waals surface area contributed by atoms with Gasteiger partial charge in [-0.05, 0) is 31.4 Å². The molecule has 1 aromatic heterocycles. The van der Waals surface area contributed by atoms with Crippen molar-refractivity contribution in [2.24, 2.45) is 5.92 Å². The molecule has 0 aliphatic rings. The lowest BCUT2D eigenvalue weighted by molar-refractivity contribution is 0.0291. The molecular formula is C12H16FNO2. The molecule has 0 fully saturated rings. The molecule has 0 N–H and O–H groups in total. The van der Waals surface area contributed by atoms with Crippen molar-refractivity contribution in [2.45, 2.75) is 33.3 Å². The lowest BCUT2D eigenvalue weighted by Gasteiger charge is -2.14. The smallest absolute Gasteiger partial charge is 0.357 e. The molecule has 0 bridgehead atoms. The zero-order valence-corrected chi connectivity index (χ0v) is 9.74. The minimum atomic E-state index is -0.675. The number of hydrogen-bond acceptors (Lipinski definition) is 3. The molecule has 3 nitrogen and oxygen atoms in total. The van der Waals surface area contributed by atoms with Crippen molar-refractivity contribution in [3.05, 3.63) is 29.8 Å². The largest absolute Gasteiger partial charge is 0.458 e. The lowest BCUT2D eigenvalue weighted by Crippen LogP contribution is -2.18. The standard InChI is InChI=1S/C12H16FNO2/c1-8(2)7-9(3)16-12(15)10-5-4-6-11(13)14-10/h4-6,8-9H,7H2,1-3H3. The second-order valence-electron chi connectivity index (χ2n) is 4.19. The van der Waals surface area contributed by atoms with E-state index in [-0.39, 0.29) is 11.8 Å². The van der Waals surface area contributed by atoms with Crippen molar-refractivity contribution >= 4 is 5.97 Å². The van der Waals surface area contributed by atoms with Crippen molar-refractivity contribution in [2.75, 3.05) is 0 Å². The van der Waals surface area contributed by atoms with Gasteiger partial charge >= 0.3 is 5.97 Å². The molecule has 0 radical (unpaired) electrons. The van der Waals surface area contributed by atoms with E-state index in [0.717, 1.165) is 6.42 Å². The molecule has 1 atom stereocenters. The van der Waals surface area contributed by atoms with Crippen molar-refractivity contribution in [3.63, 3.8) is 0 Å². The molecule has 1 heterocycles. The minimum absolute atomic E-state index is 0.00982. The van der Waals surface area contributed by atoms with Gasteiger partial charge in [-0.2, -0.15) is 4.39 Å². The molecule has 88 valence electrons. The molecule has 0 spiro atoms. The fourth-order valence-electron chi connectivity index (χ4n) is 1.48. The minimum Gasteiger partial charge on any atom is -0.458 e. The summed E-state index contributed by atoms with van der Waals surface area (Å²) in [6.45, 7) is 5.91. The lowest BCUT2D eigenvalue weighted by atomic mass is 10.1. The number of rotatable bonds is 4. The van der Waals surface area contributed by atoms with E-state index >= 15 is 0 Å². The summed E-state index contributed by atoms with van der Waals surface area (Å²) < 4.78 is 17.9. The Hall–Kier alpha value is -1.45. The van der Waals surface area contributed by atoms with E-state index in [0.29, 0.717) is 5.92 Å². The summed E-state index contributed by atoms with van der Waals surface area (Å²) in [5, 5.41) is 0. The van der Waals surface area contributed by atoms with Gasteiger partial charge < -0.3 is 4.74 Å². The highest BCUT2D eigenvalue weighted by Crippen LogP contribution is 2.10. The highest BCUT2D eigenvalue weighted by molar-refractivity contribution is 5.87. The van der Waals surface area contributed by atoms with Crippen LogP contribution in [-0.4, -0.2) is 17.1 Å². The second-order valence-corrected chi connectivity index (χ2v) is 4.19. The van der Waals surface area contributed by atoms with Crippen molar-refractivity contribution in [1.29, 1.82) is 0 Å². The van der Waals surface area contributed by atoms with Crippen LogP contribution < -0.4 is 0 Å². The molecule has 0 saturated carbocycles. The number of ether oxygens (including phenoxy) is 1. The fourth-order valence-corrected chi connectivity index (χ4v) is 1.48. The van der Waals surface area contributed by atoms with Crippen LogP contribution in [0.25, 0.3) is 0 Å². The molecule has 0 aromatic carbocycles. The third kappa shape index (κ3) is 3.96. The summed E-state index contributed by atoms with van der Waals surface area (Å²) in [6, 6.07) is 4.06. The predicted octanol–water partition coefficient (Wildman–Crippen LogP) is 2.81. The summed E-state index contributed by atoms with van der Waals surface area (Å²) in [5.41, 5.74) is 0.00982. The van der Waals surface area contributed by atoms with Crippen molar-refractivity contribution < 1.29 is 13.9 Å². The molecule has 0 aliphatic carbocycles. The van der Waals surface area contributed by atoms with Crippen LogP contribution in [0, 0.1) is 11.9 Å². The third-order valence-corrected chi connectivity index (χ3v) is 2.04. The van der Waals surface area contributed by atoms with Crippen LogP contribution in [0.2, 0.25) is 0 Å².